The third-order valence-electron chi connectivity index (χ3n) is 5.00. The van der Waals surface area contributed by atoms with Crippen molar-refractivity contribution in [1.29, 1.82) is 0 Å². The van der Waals surface area contributed by atoms with Crippen LogP contribution in [0.5, 0.6) is 0 Å². The second-order valence-corrected chi connectivity index (χ2v) is 6.64. The fourth-order valence-electron chi connectivity index (χ4n) is 3.39. The monoisotopic (exact) mass is 354 g/mol. The van der Waals surface area contributed by atoms with Crippen LogP contribution in [-0.4, -0.2) is 37.0 Å². The maximum atomic E-state index is 12.6. The highest BCUT2D eigenvalue weighted by Crippen LogP contribution is 2.33. The van der Waals surface area contributed by atoms with Gasteiger partial charge in [0, 0.05) is 37.4 Å². The lowest BCUT2D eigenvalue weighted by atomic mass is 9.95. The molecule has 0 aromatic heterocycles. The highest BCUT2D eigenvalue weighted by Gasteiger charge is 2.30. The van der Waals surface area contributed by atoms with Crippen LogP contribution in [-0.2, 0) is 4.74 Å². The van der Waals surface area contributed by atoms with E-state index < -0.39 is 4.92 Å². The minimum absolute atomic E-state index is 0.0361. The molecule has 1 aliphatic rings. The highest BCUT2D eigenvalue weighted by atomic mass is 16.6. The van der Waals surface area contributed by atoms with Gasteiger partial charge in [0.05, 0.1) is 11.0 Å². The number of nitro groups is 1. The summed E-state index contributed by atoms with van der Waals surface area (Å²) in [4.78, 5) is 25.8. The van der Waals surface area contributed by atoms with E-state index in [-0.39, 0.29) is 17.6 Å². The standard InChI is InChI=1S/C20H22N2O4/c1-14-10-11-21(13-19(14)26-2)17-9-8-16(12-18(17)22(24)25)20(23)15-6-4-3-5-7-15/h3-9,12,14,19H,10-11,13H2,1-2H3. The van der Waals surface area contributed by atoms with Crippen LogP contribution in [0.1, 0.15) is 29.3 Å². The Kier molecular flexibility index (Phi) is 5.32. The number of nitro benzene ring substituents is 1. The molecule has 0 amide bonds. The summed E-state index contributed by atoms with van der Waals surface area (Å²) in [5.74, 6) is 0.191. The molecule has 26 heavy (non-hydrogen) atoms. The topological polar surface area (TPSA) is 72.7 Å². The molecule has 2 aromatic rings. The van der Waals surface area contributed by atoms with Gasteiger partial charge in [-0.15, -0.1) is 0 Å². The van der Waals surface area contributed by atoms with Gasteiger partial charge >= 0.3 is 0 Å². The van der Waals surface area contributed by atoms with Gasteiger partial charge in [-0.1, -0.05) is 37.3 Å². The molecule has 1 heterocycles. The van der Waals surface area contributed by atoms with Crippen LogP contribution in [0.2, 0.25) is 0 Å². The molecule has 6 heteroatoms. The summed E-state index contributed by atoms with van der Waals surface area (Å²) in [6.45, 7) is 3.46. The van der Waals surface area contributed by atoms with Crippen molar-refractivity contribution in [2.75, 3.05) is 25.1 Å². The maximum absolute atomic E-state index is 12.6. The molecule has 0 saturated carbocycles. The average molecular weight is 354 g/mol. The van der Waals surface area contributed by atoms with Gasteiger partial charge in [0.2, 0.25) is 0 Å². The molecule has 2 unspecified atom stereocenters. The summed E-state index contributed by atoms with van der Waals surface area (Å²) in [6.07, 6.45) is 0.939. The Morgan fingerprint density at radius 1 is 1.19 bits per heavy atom. The number of piperidine rings is 1. The molecule has 0 bridgehead atoms. The van der Waals surface area contributed by atoms with Gasteiger partial charge in [0.25, 0.3) is 5.69 Å². The molecular formula is C20H22N2O4. The summed E-state index contributed by atoms with van der Waals surface area (Å²) >= 11 is 0. The van der Waals surface area contributed by atoms with E-state index in [9.17, 15) is 14.9 Å². The second-order valence-electron chi connectivity index (χ2n) is 6.64. The number of hydrogen-bond acceptors (Lipinski definition) is 5. The SMILES string of the molecule is COC1CN(c2ccc(C(=O)c3ccccc3)cc2[N+](=O)[O-])CCC1C. The summed E-state index contributed by atoms with van der Waals surface area (Å²) < 4.78 is 5.51. The zero-order chi connectivity index (χ0) is 18.7. The number of anilines is 1. The molecule has 6 nitrogen and oxygen atoms in total. The van der Waals surface area contributed by atoms with E-state index in [2.05, 4.69) is 6.92 Å². The van der Waals surface area contributed by atoms with Gasteiger partial charge in [0.1, 0.15) is 5.69 Å². The number of ketones is 1. The first-order valence-corrected chi connectivity index (χ1v) is 8.67. The third-order valence-corrected chi connectivity index (χ3v) is 5.00. The summed E-state index contributed by atoms with van der Waals surface area (Å²) in [5.41, 5.74) is 1.32. The number of benzene rings is 2. The first-order valence-electron chi connectivity index (χ1n) is 8.67. The van der Waals surface area contributed by atoms with Crippen LogP contribution in [0.25, 0.3) is 0 Å². The number of rotatable bonds is 5. The van der Waals surface area contributed by atoms with Crippen LogP contribution in [0, 0.1) is 16.0 Å². The van der Waals surface area contributed by atoms with Crippen LogP contribution in [0.4, 0.5) is 11.4 Å². The number of methoxy groups -OCH3 is 1. The zero-order valence-corrected chi connectivity index (χ0v) is 14.9. The molecule has 2 atom stereocenters. The Bertz CT molecular complexity index is 807. The summed E-state index contributed by atoms with van der Waals surface area (Å²) in [6, 6.07) is 13.5. The van der Waals surface area contributed by atoms with E-state index in [0.29, 0.717) is 29.3 Å². The molecule has 1 aliphatic heterocycles. The van der Waals surface area contributed by atoms with Gasteiger partial charge in [-0.3, -0.25) is 14.9 Å². The molecule has 1 saturated heterocycles. The van der Waals surface area contributed by atoms with Crippen molar-refractivity contribution in [2.24, 2.45) is 5.92 Å². The maximum Gasteiger partial charge on any atom is 0.293 e. The summed E-state index contributed by atoms with van der Waals surface area (Å²) in [7, 11) is 1.67. The van der Waals surface area contributed by atoms with Crippen molar-refractivity contribution in [1.82, 2.24) is 0 Å². The smallest absolute Gasteiger partial charge is 0.293 e. The van der Waals surface area contributed by atoms with Crippen molar-refractivity contribution in [3.8, 4) is 0 Å². The van der Waals surface area contributed by atoms with Crippen molar-refractivity contribution < 1.29 is 14.5 Å². The quantitative estimate of drug-likeness (QED) is 0.465. The van der Waals surface area contributed by atoms with Crippen LogP contribution < -0.4 is 4.90 Å². The molecule has 0 radical (unpaired) electrons. The van der Waals surface area contributed by atoms with E-state index in [1.807, 2.05) is 11.0 Å². The number of ether oxygens (including phenoxy) is 1. The Labute approximate surface area is 152 Å². The van der Waals surface area contributed by atoms with Crippen molar-refractivity contribution >= 4 is 17.2 Å². The number of carbonyl (C=O) groups excluding carboxylic acids is 1. The van der Waals surface area contributed by atoms with Crippen molar-refractivity contribution in [3.63, 3.8) is 0 Å². The first-order chi connectivity index (χ1) is 12.5. The van der Waals surface area contributed by atoms with Gasteiger partial charge in [-0.25, -0.2) is 0 Å². The number of hydrogen-bond donors (Lipinski definition) is 0. The highest BCUT2D eigenvalue weighted by molar-refractivity contribution is 6.09. The van der Waals surface area contributed by atoms with Gasteiger partial charge in [0.15, 0.2) is 5.78 Å². The third kappa shape index (κ3) is 3.60. The number of nitrogens with zero attached hydrogens (tertiary/aromatic N) is 2. The average Bonchev–Trinajstić information content (AvgIpc) is 2.68. The second kappa shape index (κ2) is 7.66. The fourth-order valence-corrected chi connectivity index (χ4v) is 3.39. The summed E-state index contributed by atoms with van der Waals surface area (Å²) in [5, 5.41) is 11.6. The largest absolute Gasteiger partial charge is 0.379 e. The van der Waals surface area contributed by atoms with Crippen molar-refractivity contribution in [3.05, 3.63) is 69.8 Å². The molecular weight excluding hydrogens is 332 g/mol. The van der Waals surface area contributed by atoms with Crippen LogP contribution in [0.15, 0.2) is 48.5 Å². The molecule has 136 valence electrons. The van der Waals surface area contributed by atoms with E-state index in [0.717, 1.165) is 13.0 Å². The minimum atomic E-state index is -0.420. The fraction of sp³-hybridized carbons (Fsp3) is 0.350. The lowest BCUT2D eigenvalue weighted by Crippen LogP contribution is -2.44. The molecule has 2 aromatic carbocycles. The molecule has 1 fully saturated rings. The molecule has 3 rings (SSSR count). The Balaban J connectivity index is 1.93. The van der Waals surface area contributed by atoms with E-state index in [1.165, 1.54) is 6.07 Å². The minimum Gasteiger partial charge on any atom is -0.379 e. The van der Waals surface area contributed by atoms with Gasteiger partial charge < -0.3 is 9.64 Å². The van der Waals surface area contributed by atoms with Crippen LogP contribution in [0.3, 0.4) is 0 Å². The molecule has 0 aliphatic carbocycles. The van der Waals surface area contributed by atoms with E-state index in [4.69, 9.17) is 4.74 Å². The Hall–Kier alpha value is -2.73. The lowest BCUT2D eigenvalue weighted by molar-refractivity contribution is -0.384. The lowest BCUT2D eigenvalue weighted by Gasteiger charge is -2.37. The van der Waals surface area contributed by atoms with Crippen LogP contribution >= 0.6 is 0 Å². The van der Waals surface area contributed by atoms with E-state index >= 15 is 0 Å². The van der Waals surface area contributed by atoms with Gasteiger partial charge in [-0.2, -0.15) is 0 Å². The molecule has 0 N–H and O–H groups in total. The van der Waals surface area contributed by atoms with Gasteiger partial charge in [-0.05, 0) is 24.5 Å². The van der Waals surface area contributed by atoms with Crippen molar-refractivity contribution in [2.45, 2.75) is 19.4 Å². The molecule has 0 spiro atoms. The normalized spacial score (nSPS) is 20.0. The predicted octanol–water partition coefficient (Wildman–Crippen LogP) is 3.69. The van der Waals surface area contributed by atoms with E-state index in [1.54, 1.807) is 43.5 Å². The predicted molar refractivity (Wildman–Crippen MR) is 99.8 cm³/mol. The number of carbonyl (C=O) groups is 1. The zero-order valence-electron chi connectivity index (χ0n) is 14.9. The first kappa shape index (κ1) is 18.1. The Morgan fingerprint density at radius 3 is 2.58 bits per heavy atom. The Morgan fingerprint density at radius 2 is 1.92 bits per heavy atom.